The van der Waals surface area contributed by atoms with Gasteiger partial charge < -0.3 is 5.11 Å². The van der Waals surface area contributed by atoms with Gasteiger partial charge in [0, 0.05) is 17.9 Å². The topological polar surface area (TPSA) is 83.5 Å². The van der Waals surface area contributed by atoms with Crippen molar-refractivity contribution in [3.8, 4) is 18.1 Å². The molecule has 2 aromatic carbocycles. The van der Waals surface area contributed by atoms with E-state index in [1.807, 2.05) is 17.4 Å². The molecule has 2 N–H and O–H groups in total. The van der Waals surface area contributed by atoms with Crippen molar-refractivity contribution >= 4 is 40.8 Å². The number of rotatable bonds is 3. The number of halogens is 2. The van der Waals surface area contributed by atoms with Gasteiger partial charge in [0.05, 0.1) is 10.0 Å². The second-order valence-electron chi connectivity index (χ2n) is 7.19. The maximum Gasteiger partial charge on any atom is 0.295 e. The van der Waals surface area contributed by atoms with Crippen LogP contribution in [-0.2, 0) is 20.8 Å². The summed E-state index contributed by atoms with van der Waals surface area (Å²) in [6.07, 6.45) is 6.55. The Bertz CT molecular complexity index is 1120. The molecule has 1 fully saturated rings. The minimum atomic E-state index is -1.31. The van der Waals surface area contributed by atoms with E-state index in [0.717, 1.165) is 11.1 Å². The number of imide groups is 1. The fourth-order valence-electron chi connectivity index (χ4n) is 4.35. The SMILES string of the molecule is C#CCC1Cc2cc(C3C(=O)NC(=O)C3=O)c(Cl)c(Cl)c2C1c1ccccc1O. The fourth-order valence-corrected chi connectivity index (χ4v) is 4.96. The van der Waals surface area contributed by atoms with Gasteiger partial charge in [-0.25, -0.2) is 0 Å². The minimum absolute atomic E-state index is 0.0399. The standard InChI is InChI=1S/C22H15Cl2NO4/c1-2-5-10-8-11-9-13(17-20(27)22(29)25-21(17)28)18(23)19(24)16(11)15(10)12-6-3-4-7-14(12)26/h1,3-4,6-7,9-10,15,17,26H,5,8H2,(H,25,28,29). The van der Waals surface area contributed by atoms with Crippen LogP contribution in [-0.4, -0.2) is 22.7 Å². The summed E-state index contributed by atoms with van der Waals surface area (Å²) in [4.78, 5) is 35.9. The van der Waals surface area contributed by atoms with Gasteiger partial charge in [-0.3, -0.25) is 19.7 Å². The Morgan fingerprint density at radius 3 is 2.48 bits per heavy atom. The van der Waals surface area contributed by atoms with Gasteiger partial charge in [-0.2, -0.15) is 0 Å². The lowest BCUT2D eigenvalue weighted by atomic mass is 9.83. The Hall–Kier alpha value is -2.81. The van der Waals surface area contributed by atoms with Crippen molar-refractivity contribution in [1.82, 2.24) is 5.32 Å². The highest BCUT2D eigenvalue weighted by molar-refractivity contribution is 6.51. The van der Waals surface area contributed by atoms with E-state index in [-0.39, 0.29) is 33.2 Å². The molecule has 2 aliphatic rings. The van der Waals surface area contributed by atoms with Crippen molar-refractivity contribution in [2.24, 2.45) is 5.92 Å². The highest BCUT2D eigenvalue weighted by Crippen LogP contribution is 2.52. The van der Waals surface area contributed by atoms with Gasteiger partial charge in [-0.15, -0.1) is 12.3 Å². The Morgan fingerprint density at radius 2 is 1.86 bits per heavy atom. The summed E-state index contributed by atoms with van der Waals surface area (Å²) in [6, 6.07) is 8.61. The normalized spacial score (nSPS) is 23.1. The number of carbonyl (C=O) groups is 3. The molecule has 1 aliphatic heterocycles. The summed E-state index contributed by atoms with van der Waals surface area (Å²) in [5.74, 6) is -1.37. The molecule has 0 bridgehead atoms. The van der Waals surface area contributed by atoms with Crippen LogP contribution in [0.2, 0.25) is 10.0 Å². The van der Waals surface area contributed by atoms with Crippen LogP contribution in [0.3, 0.4) is 0 Å². The third kappa shape index (κ3) is 3.00. The van der Waals surface area contributed by atoms with Crippen molar-refractivity contribution in [2.45, 2.75) is 24.7 Å². The summed E-state index contributed by atoms with van der Waals surface area (Å²) >= 11 is 13.1. The second-order valence-corrected chi connectivity index (χ2v) is 7.95. The number of fused-ring (bicyclic) bond motifs is 1. The number of aromatic hydroxyl groups is 1. The summed E-state index contributed by atoms with van der Waals surface area (Å²) in [5.41, 5.74) is 2.41. The number of benzene rings is 2. The van der Waals surface area contributed by atoms with Crippen LogP contribution in [0.25, 0.3) is 0 Å². The Kier molecular flexibility index (Phi) is 4.85. The minimum Gasteiger partial charge on any atom is -0.508 e. The van der Waals surface area contributed by atoms with Crippen LogP contribution in [0.1, 0.15) is 40.5 Å². The monoisotopic (exact) mass is 427 g/mol. The van der Waals surface area contributed by atoms with E-state index in [2.05, 4.69) is 5.92 Å². The van der Waals surface area contributed by atoms with E-state index in [1.165, 1.54) is 0 Å². The Morgan fingerprint density at radius 1 is 1.14 bits per heavy atom. The molecule has 0 radical (unpaired) electrons. The Balaban J connectivity index is 1.89. The predicted molar refractivity (Wildman–Crippen MR) is 108 cm³/mol. The van der Waals surface area contributed by atoms with Crippen molar-refractivity contribution in [2.75, 3.05) is 0 Å². The largest absolute Gasteiger partial charge is 0.508 e. The molecule has 7 heteroatoms. The molecular weight excluding hydrogens is 413 g/mol. The lowest BCUT2D eigenvalue weighted by Crippen LogP contribution is -2.22. The van der Waals surface area contributed by atoms with E-state index in [1.54, 1.807) is 18.2 Å². The zero-order valence-electron chi connectivity index (χ0n) is 15.0. The smallest absolute Gasteiger partial charge is 0.295 e. The number of terminal acetylenes is 1. The highest BCUT2D eigenvalue weighted by atomic mass is 35.5. The maximum atomic E-state index is 12.2. The number of ketones is 1. The fraction of sp³-hybridized carbons (Fsp3) is 0.227. The van der Waals surface area contributed by atoms with Crippen molar-refractivity contribution in [3.63, 3.8) is 0 Å². The number of hydrogen-bond donors (Lipinski definition) is 2. The van der Waals surface area contributed by atoms with Crippen LogP contribution < -0.4 is 5.32 Å². The quantitative estimate of drug-likeness (QED) is 0.340. The van der Waals surface area contributed by atoms with Gasteiger partial charge in [0.15, 0.2) is 0 Å². The summed E-state index contributed by atoms with van der Waals surface area (Å²) in [6.45, 7) is 0. The molecule has 3 unspecified atom stereocenters. The van der Waals surface area contributed by atoms with Gasteiger partial charge in [0.1, 0.15) is 11.7 Å². The Labute approximate surface area is 177 Å². The van der Waals surface area contributed by atoms with Gasteiger partial charge in [0.25, 0.3) is 5.91 Å². The molecule has 29 heavy (non-hydrogen) atoms. The number of Topliss-reactive ketones (excluding diaryl/α,β-unsaturated/α-hetero) is 1. The summed E-state index contributed by atoms with van der Waals surface area (Å²) in [5, 5.41) is 12.7. The van der Waals surface area contributed by atoms with Crippen molar-refractivity contribution < 1.29 is 19.5 Å². The first-order valence-corrected chi connectivity index (χ1v) is 9.71. The summed E-state index contributed by atoms with van der Waals surface area (Å²) < 4.78 is 0. The summed E-state index contributed by atoms with van der Waals surface area (Å²) in [7, 11) is 0. The van der Waals surface area contributed by atoms with E-state index in [9.17, 15) is 19.5 Å². The molecule has 2 aromatic rings. The zero-order valence-corrected chi connectivity index (χ0v) is 16.6. The molecule has 3 atom stereocenters. The molecule has 146 valence electrons. The lowest BCUT2D eigenvalue weighted by Gasteiger charge is -2.22. The van der Waals surface area contributed by atoms with Crippen molar-refractivity contribution in [1.29, 1.82) is 0 Å². The molecule has 5 nitrogen and oxygen atoms in total. The highest BCUT2D eigenvalue weighted by Gasteiger charge is 2.45. The van der Waals surface area contributed by atoms with Gasteiger partial charge in [-0.05, 0) is 35.1 Å². The number of phenols is 1. The molecule has 0 saturated carbocycles. The third-order valence-corrected chi connectivity index (χ3v) is 6.47. The van der Waals surface area contributed by atoms with E-state index in [4.69, 9.17) is 29.6 Å². The van der Waals surface area contributed by atoms with Crippen LogP contribution in [0.15, 0.2) is 30.3 Å². The lowest BCUT2D eigenvalue weighted by molar-refractivity contribution is -0.135. The average molecular weight is 428 g/mol. The number of para-hydroxylation sites is 1. The first-order chi connectivity index (χ1) is 13.8. The molecule has 1 heterocycles. The molecule has 1 saturated heterocycles. The maximum absolute atomic E-state index is 12.2. The predicted octanol–water partition coefficient (Wildman–Crippen LogP) is 3.34. The van der Waals surface area contributed by atoms with Crippen LogP contribution >= 0.6 is 23.2 Å². The van der Waals surface area contributed by atoms with E-state index < -0.39 is 23.5 Å². The molecular formula is C22H15Cl2NO4. The zero-order chi connectivity index (χ0) is 20.9. The van der Waals surface area contributed by atoms with Crippen LogP contribution in [0.4, 0.5) is 0 Å². The number of carbonyl (C=O) groups excluding carboxylic acids is 3. The first kappa shape index (κ1) is 19.5. The number of nitrogens with one attached hydrogen (secondary N) is 1. The van der Waals surface area contributed by atoms with Crippen molar-refractivity contribution in [3.05, 3.63) is 62.6 Å². The number of amides is 2. The van der Waals surface area contributed by atoms with Crippen LogP contribution in [0.5, 0.6) is 5.75 Å². The molecule has 2 amide bonds. The van der Waals surface area contributed by atoms with Crippen LogP contribution in [0, 0.1) is 18.3 Å². The van der Waals surface area contributed by atoms with E-state index >= 15 is 0 Å². The molecule has 0 aromatic heterocycles. The molecule has 0 spiro atoms. The van der Waals surface area contributed by atoms with Gasteiger partial charge in [-0.1, -0.05) is 47.5 Å². The number of phenolic OH excluding ortho intramolecular Hbond substituents is 1. The second kappa shape index (κ2) is 7.22. The van der Waals surface area contributed by atoms with Gasteiger partial charge in [0.2, 0.25) is 11.7 Å². The first-order valence-electron chi connectivity index (χ1n) is 8.96. The molecule has 1 aliphatic carbocycles. The van der Waals surface area contributed by atoms with Gasteiger partial charge >= 0.3 is 0 Å². The third-order valence-electron chi connectivity index (χ3n) is 5.57. The van der Waals surface area contributed by atoms with E-state index in [0.29, 0.717) is 18.4 Å². The molecule has 4 rings (SSSR count). The average Bonchev–Trinajstić information content (AvgIpc) is 3.16. The number of hydrogen-bond acceptors (Lipinski definition) is 4.